The number of rotatable bonds is 6. The van der Waals surface area contributed by atoms with Gasteiger partial charge in [0.1, 0.15) is 24.0 Å². The van der Waals surface area contributed by atoms with Crippen molar-refractivity contribution in [3.8, 4) is 11.4 Å². The zero-order valence-electron chi connectivity index (χ0n) is 18.0. The molecule has 4 rings (SSSR count). The Labute approximate surface area is 176 Å². The molecule has 0 bridgehead atoms. The second-order valence-corrected chi connectivity index (χ2v) is 7.88. The average Bonchev–Trinajstić information content (AvgIpc) is 3.35. The molecule has 3 aromatic rings. The lowest BCUT2D eigenvalue weighted by Crippen LogP contribution is -2.41. The number of carbonyl (C=O) groups excluding carboxylic acids is 1. The molecule has 0 saturated carbocycles. The number of nitrogens with one attached hydrogen (secondary N) is 1. The van der Waals surface area contributed by atoms with Crippen molar-refractivity contribution in [3.63, 3.8) is 0 Å². The van der Waals surface area contributed by atoms with Crippen molar-refractivity contribution in [2.24, 2.45) is 5.92 Å². The summed E-state index contributed by atoms with van der Waals surface area (Å²) in [6.07, 6.45) is 6.78. The number of aromatic nitrogens is 6. The molecule has 0 radical (unpaired) electrons. The van der Waals surface area contributed by atoms with Gasteiger partial charge < -0.3 is 14.8 Å². The maximum atomic E-state index is 13.0. The number of hydrogen-bond donors (Lipinski definition) is 1. The van der Waals surface area contributed by atoms with Crippen LogP contribution in [0.4, 0.5) is 5.82 Å². The van der Waals surface area contributed by atoms with Crippen molar-refractivity contribution < 1.29 is 4.79 Å². The fourth-order valence-corrected chi connectivity index (χ4v) is 3.93. The smallest absolute Gasteiger partial charge is 0.245 e. The SMILES string of the molecule is CCC(Nc1ncnc2c1nc(-c1cnc(C)nc1)n2CC)C(=O)N1CC[C@@H](C)C1. The largest absolute Gasteiger partial charge is 0.356 e. The molecule has 2 atom stereocenters. The van der Waals surface area contributed by atoms with Gasteiger partial charge in [-0.3, -0.25) is 4.79 Å². The number of nitrogens with zero attached hydrogens (tertiary/aromatic N) is 7. The molecule has 1 amide bonds. The average molecular weight is 409 g/mol. The van der Waals surface area contributed by atoms with E-state index in [0.717, 1.165) is 36.5 Å². The topological polar surface area (TPSA) is 102 Å². The van der Waals surface area contributed by atoms with E-state index in [9.17, 15) is 4.79 Å². The van der Waals surface area contributed by atoms with E-state index in [1.165, 1.54) is 6.33 Å². The van der Waals surface area contributed by atoms with Gasteiger partial charge >= 0.3 is 0 Å². The maximum absolute atomic E-state index is 13.0. The van der Waals surface area contributed by atoms with Crippen LogP contribution < -0.4 is 5.32 Å². The number of aryl methyl sites for hydroxylation is 2. The van der Waals surface area contributed by atoms with E-state index in [2.05, 4.69) is 32.2 Å². The fourth-order valence-electron chi connectivity index (χ4n) is 3.93. The van der Waals surface area contributed by atoms with Gasteiger partial charge in [0.2, 0.25) is 5.91 Å². The van der Waals surface area contributed by atoms with Crippen molar-refractivity contribution in [2.45, 2.75) is 53.1 Å². The highest BCUT2D eigenvalue weighted by Gasteiger charge is 2.29. The summed E-state index contributed by atoms with van der Waals surface area (Å²) in [6.45, 7) is 10.4. The molecule has 0 aliphatic carbocycles. The van der Waals surface area contributed by atoms with Crippen molar-refractivity contribution in [1.82, 2.24) is 34.4 Å². The minimum absolute atomic E-state index is 0.121. The Morgan fingerprint density at radius 2 is 2.00 bits per heavy atom. The zero-order chi connectivity index (χ0) is 21.3. The summed E-state index contributed by atoms with van der Waals surface area (Å²) in [5.41, 5.74) is 2.19. The summed E-state index contributed by atoms with van der Waals surface area (Å²) >= 11 is 0. The lowest BCUT2D eigenvalue weighted by Gasteiger charge is -2.23. The van der Waals surface area contributed by atoms with Crippen LogP contribution in [0.15, 0.2) is 18.7 Å². The molecule has 9 nitrogen and oxygen atoms in total. The Morgan fingerprint density at radius 1 is 1.23 bits per heavy atom. The van der Waals surface area contributed by atoms with Gasteiger partial charge in [-0.1, -0.05) is 13.8 Å². The van der Waals surface area contributed by atoms with Gasteiger partial charge in [-0.05, 0) is 32.6 Å². The summed E-state index contributed by atoms with van der Waals surface area (Å²) in [6, 6.07) is -0.341. The molecule has 1 unspecified atom stereocenters. The van der Waals surface area contributed by atoms with Crippen molar-refractivity contribution >= 4 is 22.9 Å². The Kier molecular flexibility index (Phi) is 5.61. The second kappa shape index (κ2) is 8.33. The highest BCUT2D eigenvalue weighted by Crippen LogP contribution is 2.27. The maximum Gasteiger partial charge on any atom is 0.245 e. The van der Waals surface area contributed by atoms with E-state index < -0.39 is 0 Å². The third-order valence-electron chi connectivity index (χ3n) is 5.64. The normalized spacial score (nSPS) is 17.5. The first-order valence-electron chi connectivity index (χ1n) is 10.6. The van der Waals surface area contributed by atoms with E-state index >= 15 is 0 Å². The molecule has 0 aromatic carbocycles. The summed E-state index contributed by atoms with van der Waals surface area (Å²) in [7, 11) is 0. The van der Waals surface area contributed by atoms with E-state index in [0.29, 0.717) is 36.0 Å². The van der Waals surface area contributed by atoms with Crippen LogP contribution in [-0.2, 0) is 11.3 Å². The van der Waals surface area contributed by atoms with Crippen molar-refractivity contribution in [3.05, 3.63) is 24.5 Å². The van der Waals surface area contributed by atoms with Gasteiger partial charge in [0.15, 0.2) is 17.0 Å². The second-order valence-electron chi connectivity index (χ2n) is 7.88. The van der Waals surface area contributed by atoms with Gasteiger partial charge in [-0.15, -0.1) is 0 Å². The molecule has 158 valence electrons. The Hall–Kier alpha value is -3.10. The third-order valence-corrected chi connectivity index (χ3v) is 5.64. The first kappa shape index (κ1) is 20.2. The van der Waals surface area contributed by atoms with Gasteiger partial charge in [-0.25, -0.2) is 24.9 Å². The first-order valence-corrected chi connectivity index (χ1v) is 10.6. The fraction of sp³-hybridized carbons (Fsp3) is 0.524. The zero-order valence-corrected chi connectivity index (χ0v) is 18.0. The molecule has 1 N–H and O–H groups in total. The van der Waals surface area contributed by atoms with Crippen LogP contribution >= 0.6 is 0 Å². The number of imidazole rings is 1. The molecule has 1 aliphatic heterocycles. The highest BCUT2D eigenvalue weighted by molar-refractivity contribution is 5.90. The summed E-state index contributed by atoms with van der Waals surface area (Å²) in [5, 5.41) is 3.34. The predicted molar refractivity (Wildman–Crippen MR) is 115 cm³/mol. The number of carbonyl (C=O) groups is 1. The first-order chi connectivity index (χ1) is 14.5. The van der Waals surface area contributed by atoms with E-state index in [-0.39, 0.29) is 11.9 Å². The third kappa shape index (κ3) is 3.71. The summed E-state index contributed by atoms with van der Waals surface area (Å²) in [4.78, 5) is 37.2. The summed E-state index contributed by atoms with van der Waals surface area (Å²) < 4.78 is 2.02. The van der Waals surface area contributed by atoms with Crippen molar-refractivity contribution in [1.29, 1.82) is 0 Å². The predicted octanol–water partition coefficient (Wildman–Crippen LogP) is 2.67. The molecule has 4 heterocycles. The lowest BCUT2D eigenvalue weighted by atomic mass is 10.1. The van der Waals surface area contributed by atoms with Crippen LogP contribution in [0.25, 0.3) is 22.6 Å². The minimum atomic E-state index is -0.341. The monoisotopic (exact) mass is 408 g/mol. The quantitative estimate of drug-likeness (QED) is 0.669. The Bertz CT molecular complexity index is 1050. The van der Waals surface area contributed by atoms with Crippen LogP contribution in [0.5, 0.6) is 0 Å². The highest BCUT2D eigenvalue weighted by atomic mass is 16.2. The number of hydrogen-bond acceptors (Lipinski definition) is 7. The van der Waals surface area contributed by atoms with E-state index in [1.54, 1.807) is 12.4 Å². The molecular formula is C21H28N8O. The molecule has 30 heavy (non-hydrogen) atoms. The molecule has 0 spiro atoms. The van der Waals surface area contributed by atoms with Crippen LogP contribution in [-0.4, -0.2) is 59.4 Å². The Morgan fingerprint density at radius 3 is 2.63 bits per heavy atom. The van der Waals surface area contributed by atoms with Crippen LogP contribution in [0, 0.1) is 12.8 Å². The Balaban J connectivity index is 1.69. The summed E-state index contributed by atoms with van der Waals surface area (Å²) in [5.74, 6) is 2.70. The molecular weight excluding hydrogens is 380 g/mol. The minimum Gasteiger partial charge on any atom is -0.356 e. The molecule has 1 saturated heterocycles. The molecule has 1 aliphatic rings. The van der Waals surface area contributed by atoms with Gasteiger partial charge in [-0.2, -0.15) is 0 Å². The number of fused-ring (bicyclic) bond motifs is 1. The van der Waals surface area contributed by atoms with Crippen molar-refractivity contribution in [2.75, 3.05) is 18.4 Å². The number of likely N-dealkylation sites (tertiary alicyclic amines) is 1. The van der Waals surface area contributed by atoms with Gasteiger partial charge in [0, 0.05) is 32.0 Å². The van der Waals surface area contributed by atoms with Crippen LogP contribution in [0.3, 0.4) is 0 Å². The lowest BCUT2D eigenvalue weighted by molar-refractivity contribution is -0.131. The molecule has 9 heteroatoms. The standard InChI is InChI=1S/C21H28N8O/c1-5-16(21(30)28-8-7-13(3)11-28)26-18-17-20(25-12-24-18)29(6-2)19(27-17)15-9-22-14(4)23-10-15/h9-10,12-13,16H,5-8,11H2,1-4H3,(H,24,25,26)/t13-,16?/m1/s1. The number of anilines is 1. The van der Waals surface area contributed by atoms with Crippen LogP contribution in [0.1, 0.15) is 39.4 Å². The molecule has 1 fully saturated rings. The number of amides is 1. The van der Waals surface area contributed by atoms with Gasteiger partial charge in [0.05, 0.1) is 5.56 Å². The van der Waals surface area contributed by atoms with E-state index in [1.807, 2.05) is 30.2 Å². The van der Waals surface area contributed by atoms with Crippen LogP contribution in [0.2, 0.25) is 0 Å². The van der Waals surface area contributed by atoms with E-state index in [4.69, 9.17) is 4.98 Å². The van der Waals surface area contributed by atoms with Gasteiger partial charge in [0.25, 0.3) is 0 Å². The molecule has 3 aromatic heterocycles.